The SMILES string of the molecule is Cc1nccn1-c1cncc([C@H]2CCCN2C(C)C)n1. The monoisotopic (exact) mass is 271 g/mol. The summed E-state index contributed by atoms with van der Waals surface area (Å²) in [5.74, 6) is 1.79. The van der Waals surface area contributed by atoms with Gasteiger partial charge in [0.15, 0.2) is 5.82 Å². The summed E-state index contributed by atoms with van der Waals surface area (Å²) in [5.41, 5.74) is 1.07. The first-order valence-corrected chi connectivity index (χ1v) is 7.25. The van der Waals surface area contributed by atoms with Crippen molar-refractivity contribution in [3.63, 3.8) is 0 Å². The zero-order valence-electron chi connectivity index (χ0n) is 12.3. The van der Waals surface area contributed by atoms with Gasteiger partial charge in [0.1, 0.15) is 5.82 Å². The first-order chi connectivity index (χ1) is 9.66. The minimum Gasteiger partial charge on any atom is -0.292 e. The van der Waals surface area contributed by atoms with Crippen LogP contribution in [0.25, 0.3) is 5.82 Å². The minimum atomic E-state index is 0.395. The third kappa shape index (κ3) is 2.33. The van der Waals surface area contributed by atoms with E-state index in [9.17, 15) is 0 Å². The normalized spacial score (nSPS) is 19.9. The molecule has 0 aromatic carbocycles. The number of imidazole rings is 1. The highest BCUT2D eigenvalue weighted by molar-refractivity contribution is 5.23. The summed E-state index contributed by atoms with van der Waals surface area (Å²) in [6.45, 7) is 7.62. The maximum Gasteiger partial charge on any atom is 0.156 e. The Balaban J connectivity index is 1.94. The Kier molecular flexibility index (Phi) is 3.53. The Morgan fingerprint density at radius 2 is 2.15 bits per heavy atom. The molecule has 1 atom stereocenters. The van der Waals surface area contributed by atoms with Crippen LogP contribution in [0.3, 0.4) is 0 Å². The van der Waals surface area contributed by atoms with E-state index in [-0.39, 0.29) is 0 Å². The number of hydrogen-bond donors (Lipinski definition) is 0. The van der Waals surface area contributed by atoms with E-state index in [0.29, 0.717) is 12.1 Å². The van der Waals surface area contributed by atoms with Crippen LogP contribution in [-0.4, -0.2) is 37.0 Å². The summed E-state index contributed by atoms with van der Waals surface area (Å²) in [4.78, 5) is 15.9. The van der Waals surface area contributed by atoms with E-state index in [1.807, 2.05) is 23.9 Å². The molecule has 0 aliphatic carbocycles. The number of hydrogen-bond acceptors (Lipinski definition) is 4. The van der Waals surface area contributed by atoms with Gasteiger partial charge in [0.2, 0.25) is 0 Å². The highest BCUT2D eigenvalue weighted by Crippen LogP contribution is 2.32. The molecule has 0 N–H and O–H groups in total. The average Bonchev–Trinajstić information content (AvgIpc) is 3.07. The van der Waals surface area contributed by atoms with Crippen molar-refractivity contribution in [3.05, 3.63) is 36.3 Å². The van der Waals surface area contributed by atoms with Gasteiger partial charge in [-0.2, -0.15) is 0 Å². The molecular weight excluding hydrogens is 250 g/mol. The Morgan fingerprint density at radius 1 is 1.30 bits per heavy atom. The minimum absolute atomic E-state index is 0.395. The summed E-state index contributed by atoms with van der Waals surface area (Å²) in [6, 6.07) is 0.939. The topological polar surface area (TPSA) is 46.8 Å². The van der Waals surface area contributed by atoms with Crippen molar-refractivity contribution in [2.45, 2.75) is 45.7 Å². The first kappa shape index (κ1) is 13.2. The third-order valence-corrected chi connectivity index (χ3v) is 4.01. The average molecular weight is 271 g/mol. The van der Waals surface area contributed by atoms with Crippen molar-refractivity contribution in [1.29, 1.82) is 0 Å². The molecular formula is C15H21N5. The molecule has 3 heterocycles. The van der Waals surface area contributed by atoms with Crippen molar-refractivity contribution in [2.24, 2.45) is 0 Å². The molecule has 0 amide bonds. The van der Waals surface area contributed by atoms with Crippen molar-refractivity contribution >= 4 is 0 Å². The Labute approximate surface area is 119 Å². The van der Waals surface area contributed by atoms with Gasteiger partial charge in [-0.1, -0.05) is 0 Å². The molecule has 0 bridgehead atoms. The fourth-order valence-corrected chi connectivity index (χ4v) is 2.99. The summed E-state index contributed by atoms with van der Waals surface area (Å²) >= 11 is 0. The molecule has 106 valence electrons. The maximum absolute atomic E-state index is 4.81. The number of aryl methyl sites for hydroxylation is 1. The van der Waals surface area contributed by atoms with Gasteiger partial charge in [0.05, 0.1) is 24.1 Å². The van der Waals surface area contributed by atoms with Crippen LogP contribution in [-0.2, 0) is 0 Å². The van der Waals surface area contributed by atoms with E-state index in [2.05, 4.69) is 28.7 Å². The second kappa shape index (κ2) is 5.32. The summed E-state index contributed by atoms with van der Waals surface area (Å²) < 4.78 is 1.98. The fraction of sp³-hybridized carbons (Fsp3) is 0.533. The van der Waals surface area contributed by atoms with Gasteiger partial charge in [-0.15, -0.1) is 0 Å². The van der Waals surface area contributed by atoms with Gasteiger partial charge in [-0.05, 0) is 40.2 Å². The van der Waals surface area contributed by atoms with Crippen LogP contribution in [0, 0.1) is 6.92 Å². The molecule has 2 aromatic rings. The molecule has 0 saturated carbocycles. The molecule has 3 rings (SSSR count). The number of likely N-dealkylation sites (tertiary alicyclic amines) is 1. The molecule has 0 unspecified atom stereocenters. The van der Waals surface area contributed by atoms with Crippen molar-refractivity contribution in [1.82, 2.24) is 24.4 Å². The highest BCUT2D eigenvalue weighted by Gasteiger charge is 2.29. The van der Waals surface area contributed by atoms with E-state index in [4.69, 9.17) is 4.98 Å². The van der Waals surface area contributed by atoms with Gasteiger partial charge in [-0.3, -0.25) is 14.5 Å². The lowest BCUT2D eigenvalue weighted by Gasteiger charge is -2.27. The van der Waals surface area contributed by atoms with Crippen molar-refractivity contribution in [2.75, 3.05) is 6.54 Å². The van der Waals surface area contributed by atoms with Gasteiger partial charge in [0.25, 0.3) is 0 Å². The quantitative estimate of drug-likeness (QED) is 0.860. The van der Waals surface area contributed by atoms with Gasteiger partial charge in [-0.25, -0.2) is 9.97 Å². The van der Waals surface area contributed by atoms with Crippen LogP contribution >= 0.6 is 0 Å². The number of aromatic nitrogens is 4. The fourth-order valence-electron chi connectivity index (χ4n) is 2.99. The van der Waals surface area contributed by atoms with Gasteiger partial charge in [0, 0.05) is 18.4 Å². The molecule has 20 heavy (non-hydrogen) atoms. The van der Waals surface area contributed by atoms with E-state index in [0.717, 1.165) is 23.9 Å². The third-order valence-electron chi connectivity index (χ3n) is 4.01. The second-order valence-electron chi connectivity index (χ2n) is 5.64. The van der Waals surface area contributed by atoms with Gasteiger partial charge >= 0.3 is 0 Å². The van der Waals surface area contributed by atoms with E-state index < -0.39 is 0 Å². The lowest BCUT2D eigenvalue weighted by atomic mass is 10.1. The zero-order chi connectivity index (χ0) is 14.1. The van der Waals surface area contributed by atoms with Crippen LogP contribution in [0.15, 0.2) is 24.8 Å². The lowest BCUT2D eigenvalue weighted by Crippen LogP contribution is -2.30. The molecule has 1 aliphatic heterocycles. The summed E-state index contributed by atoms with van der Waals surface area (Å²) in [5, 5.41) is 0. The molecule has 0 spiro atoms. The second-order valence-corrected chi connectivity index (χ2v) is 5.64. The van der Waals surface area contributed by atoms with Crippen LogP contribution < -0.4 is 0 Å². The molecule has 1 fully saturated rings. The Hall–Kier alpha value is -1.75. The lowest BCUT2D eigenvalue weighted by molar-refractivity contribution is 0.202. The van der Waals surface area contributed by atoms with Crippen LogP contribution in [0.2, 0.25) is 0 Å². The van der Waals surface area contributed by atoms with Crippen LogP contribution in [0.5, 0.6) is 0 Å². The summed E-state index contributed by atoms with van der Waals surface area (Å²) in [6.07, 6.45) is 9.82. The van der Waals surface area contributed by atoms with Crippen molar-refractivity contribution in [3.8, 4) is 5.82 Å². The van der Waals surface area contributed by atoms with E-state index >= 15 is 0 Å². The zero-order valence-corrected chi connectivity index (χ0v) is 12.3. The molecule has 2 aromatic heterocycles. The standard InChI is InChI=1S/C15H21N5/c1-11(2)19-7-4-5-14(19)13-9-16-10-15(18-13)20-8-6-17-12(20)3/h6,8-11,14H,4-5,7H2,1-3H3/t14-/m1/s1. The Bertz CT molecular complexity index is 589. The van der Waals surface area contributed by atoms with Gasteiger partial charge < -0.3 is 0 Å². The first-order valence-electron chi connectivity index (χ1n) is 7.25. The molecule has 5 nitrogen and oxygen atoms in total. The smallest absolute Gasteiger partial charge is 0.156 e. The highest BCUT2D eigenvalue weighted by atomic mass is 15.2. The maximum atomic E-state index is 4.81. The number of nitrogens with zero attached hydrogens (tertiary/aromatic N) is 5. The van der Waals surface area contributed by atoms with E-state index in [1.165, 1.54) is 12.8 Å². The van der Waals surface area contributed by atoms with Crippen molar-refractivity contribution < 1.29 is 0 Å². The predicted octanol–water partition coefficient (Wildman–Crippen LogP) is 2.52. The molecule has 0 radical (unpaired) electrons. The van der Waals surface area contributed by atoms with Crippen LogP contribution in [0.4, 0.5) is 0 Å². The number of rotatable bonds is 3. The Morgan fingerprint density at radius 3 is 2.85 bits per heavy atom. The largest absolute Gasteiger partial charge is 0.292 e. The molecule has 1 aliphatic rings. The predicted molar refractivity (Wildman–Crippen MR) is 77.7 cm³/mol. The summed E-state index contributed by atoms with van der Waals surface area (Å²) in [7, 11) is 0. The van der Waals surface area contributed by atoms with E-state index in [1.54, 1.807) is 12.4 Å². The molecule has 5 heteroatoms. The van der Waals surface area contributed by atoms with Crippen LogP contribution in [0.1, 0.15) is 44.2 Å². The molecule has 1 saturated heterocycles.